The van der Waals surface area contributed by atoms with Crippen LogP contribution in [0.15, 0.2) is 35.5 Å². The fourth-order valence-corrected chi connectivity index (χ4v) is 4.79. The summed E-state index contributed by atoms with van der Waals surface area (Å²) >= 11 is 1.61. The van der Waals surface area contributed by atoms with Crippen molar-refractivity contribution in [2.24, 2.45) is 0 Å². The highest BCUT2D eigenvalue weighted by atomic mass is 32.2. The third-order valence-corrected chi connectivity index (χ3v) is 6.94. The zero-order chi connectivity index (χ0) is 23.2. The molecular weight excluding hydrogens is 438 g/mol. The molecule has 2 aliphatic rings. The monoisotopic (exact) mass is 469 g/mol. The molecule has 4 rings (SSSR count). The first-order valence-electron chi connectivity index (χ1n) is 11.5. The lowest BCUT2D eigenvalue weighted by molar-refractivity contribution is -0.130. The molecule has 33 heavy (non-hydrogen) atoms. The Kier molecular flexibility index (Phi) is 7.82. The zero-order valence-corrected chi connectivity index (χ0v) is 20.1. The lowest BCUT2D eigenvalue weighted by Crippen LogP contribution is -2.50. The maximum atomic E-state index is 12.8. The van der Waals surface area contributed by atoms with Gasteiger partial charge in [-0.3, -0.25) is 9.59 Å². The van der Waals surface area contributed by atoms with Gasteiger partial charge in [0.15, 0.2) is 5.16 Å². The second kappa shape index (κ2) is 11.0. The quantitative estimate of drug-likeness (QED) is 0.475. The first-order valence-corrected chi connectivity index (χ1v) is 12.5. The number of aryl methyl sites for hydroxylation is 1. The first kappa shape index (κ1) is 23.5. The van der Waals surface area contributed by atoms with E-state index in [1.54, 1.807) is 23.6 Å². The summed E-state index contributed by atoms with van der Waals surface area (Å²) in [6.45, 7) is 9.18. The van der Waals surface area contributed by atoms with Gasteiger partial charge in [0.2, 0.25) is 5.91 Å². The Labute approximate surface area is 199 Å². The molecule has 0 saturated carbocycles. The number of ether oxygens (including phenoxy) is 1. The van der Waals surface area contributed by atoms with Crippen LogP contribution in [0.1, 0.15) is 35.5 Å². The summed E-state index contributed by atoms with van der Waals surface area (Å²) in [6.07, 6.45) is 0.866. The van der Waals surface area contributed by atoms with Crippen molar-refractivity contribution in [1.82, 2.24) is 19.8 Å². The third kappa shape index (κ3) is 6.03. The third-order valence-electron chi connectivity index (χ3n) is 6.02. The predicted molar refractivity (Wildman–Crippen MR) is 129 cm³/mol. The van der Waals surface area contributed by atoms with Crippen LogP contribution in [0.5, 0.6) is 0 Å². The summed E-state index contributed by atoms with van der Waals surface area (Å²) in [5, 5.41) is 0.777. The second-order valence-corrected chi connectivity index (χ2v) is 9.18. The van der Waals surface area contributed by atoms with Crippen LogP contribution in [0.25, 0.3) is 0 Å². The van der Waals surface area contributed by atoms with Crippen LogP contribution in [0.4, 0.5) is 5.82 Å². The molecule has 176 valence electrons. The molecule has 2 amide bonds. The van der Waals surface area contributed by atoms with Gasteiger partial charge < -0.3 is 19.4 Å². The van der Waals surface area contributed by atoms with Crippen LogP contribution in [0.3, 0.4) is 0 Å². The van der Waals surface area contributed by atoms with Crippen molar-refractivity contribution >= 4 is 29.4 Å². The normalized spacial score (nSPS) is 16.7. The summed E-state index contributed by atoms with van der Waals surface area (Å²) < 4.78 is 5.46. The van der Waals surface area contributed by atoms with E-state index in [2.05, 4.69) is 17.9 Å². The van der Waals surface area contributed by atoms with Crippen molar-refractivity contribution in [3.8, 4) is 0 Å². The fraction of sp³-hybridized carbons (Fsp3) is 0.500. The molecule has 2 saturated heterocycles. The van der Waals surface area contributed by atoms with E-state index in [0.717, 1.165) is 60.7 Å². The Morgan fingerprint density at radius 3 is 2.27 bits per heavy atom. The lowest BCUT2D eigenvalue weighted by atomic mass is 10.1. The van der Waals surface area contributed by atoms with Gasteiger partial charge in [-0.1, -0.05) is 30.8 Å². The SMILES string of the molecule is CCc1cc(N2CCOCC2)nc(SCc2ccc(C(=O)N3CCN(C(C)=O)CC3)cc2)n1. The van der Waals surface area contributed by atoms with E-state index < -0.39 is 0 Å². The number of thioether (sulfide) groups is 1. The fourth-order valence-electron chi connectivity index (χ4n) is 3.96. The summed E-state index contributed by atoms with van der Waals surface area (Å²) in [6, 6.07) is 9.85. The van der Waals surface area contributed by atoms with Gasteiger partial charge in [-0.05, 0) is 24.1 Å². The Balaban J connectivity index is 1.35. The molecule has 0 aliphatic carbocycles. The van der Waals surface area contributed by atoms with Crippen molar-refractivity contribution < 1.29 is 14.3 Å². The average Bonchev–Trinajstić information content (AvgIpc) is 2.87. The first-order chi connectivity index (χ1) is 16.0. The van der Waals surface area contributed by atoms with Gasteiger partial charge >= 0.3 is 0 Å². The molecule has 2 aromatic rings. The molecule has 0 spiro atoms. The summed E-state index contributed by atoms with van der Waals surface area (Å²) in [4.78, 5) is 39.6. The van der Waals surface area contributed by atoms with Crippen molar-refractivity contribution in [3.05, 3.63) is 47.2 Å². The molecule has 3 heterocycles. The Morgan fingerprint density at radius 2 is 1.64 bits per heavy atom. The average molecular weight is 470 g/mol. The Morgan fingerprint density at radius 1 is 0.970 bits per heavy atom. The van der Waals surface area contributed by atoms with Crippen molar-refractivity contribution in [3.63, 3.8) is 0 Å². The molecular formula is C24H31N5O3S. The Bertz CT molecular complexity index is 971. The molecule has 0 unspecified atom stereocenters. The van der Waals surface area contributed by atoms with Crippen molar-refractivity contribution in [2.75, 3.05) is 57.4 Å². The number of amides is 2. The molecule has 8 nitrogen and oxygen atoms in total. The number of aromatic nitrogens is 2. The molecule has 9 heteroatoms. The highest BCUT2D eigenvalue weighted by Gasteiger charge is 2.23. The topological polar surface area (TPSA) is 78.9 Å². The smallest absolute Gasteiger partial charge is 0.253 e. The van der Waals surface area contributed by atoms with E-state index in [9.17, 15) is 9.59 Å². The van der Waals surface area contributed by atoms with E-state index in [1.165, 1.54) is 0 Å². The number of anilines is 1. The van der Waals surface area contributed by atoms with Crippen LogP contribution in [-0.2, 0) is 21.7 Å². The number of benzene rings is 1. The number of hydrogen-bond acceptors (Lipinski definition) is 7. The molecule has 2 fully saturated rings. The van der Waals surface area contributed by atoms with Crippen LogP contribution >= 0.6 is 11.8 Å². The molecule has 0 bridgehead atoms. The van der Waals surface area contributed by atoms with Crippen molar-refractivity contribution in [2.45, 2.75) is 31.2 Å². The van der Waals surface area contributed by atoms with Gasteiger partial charge in [0.05, 0.1) is 13.2 Å². The molecule has 1 aromatic carbocycles. The Hall–Kier alpha value is -2.65. The van der Waals surface area contributed by atoms with E-state index >= 15 is 0 Å². The number of carbonyl (C=O) groups excluding carboxylic acids is 2. The zero-order valence-electron chi connectivity index (χ0n) is 19.3. The summed E-state index contributed by atoms with van der Waals surface area (Å²) in [7, 11) is 0. The summed E-state index contributed by atoms with van der Waals surface area (Å²) in [5.74, 6) is 1.79. The lowest BCUT2D eigenvalue weighted by Gasteiger charge is -2.34. The van der Waals surface area contributed by atoms with E-state index in [0.29, 0.717) is 31.7 Å². The second-order valence-electron chi connectivity index (χ2n) is 8.24. The minimum Gasteiger partial charge on any atom is -0.378 e. The minimum atomic E-state index is 0.0199. The molecule has 0 atom stereocenters. The largest absolute Gasteiger partial charge is 0.378 e. The van der Waals surface area contributed by atoms with Crippen LogP contribution < -0.4 is 4.90 Å². The van der Waals surface area contributed by atoms with Gasteiger partial charge in [0.25, 0.3) is 5.91 Å². The van der Waals surface area contributed by atoms with Gasteiger partial charge in [-0.25, -0.2) is 9.97 Å². The van der Waals surface area contributed by atoms with Crippen LogP contribution in [-0.4, -0.2) is 84.1 Å². The molecule has 0 radical (unpaired) electrons. The van der Waals surface area contributed by atoms with Gasteiger partial charge in [0.1, 0.15) is 5.82 Å². The van der Waals surface area contributed by atoms with Crippen molar-refractivity contribution in [1.29, 1.82) is 0 Å². The minimum absolute atomic E-state index is 0.0199. The molecule has 0 N–H and O–H groups in total. The van der Waals surface area contributed by atoms with E-state index in [1.807, 2.05) is 29.2 Å². The highest BCUT2D eigenvalue weighted by Crippen LogP contribution is 2.24. The number of nitrogens with zero attached hydrogens (tertiary/aromatic N) is 5. The van der Waals surface area contributed by atoms with E-state index in [4.69, 9.17) is 14.7 Å². The highest BCUT2D eigenvalue weighted by molar-refractivity contribution is 7.98. The maximum Gasteiger partial charge on any atom is 0.253 e. The van der Waals surface area contributed by atoms with E-state index in [-0.39, 0.29) is 11.8 Å². The molecule has 1 aromatic heterocycles. The van der Waals surface area contributed by atoms with Gasteiger partial charge in [-0.15, -0.1) is 0 Å². The number of rotatable bonds is 6. The number of piperazine rings is 1. The number of carbonyl (C=O) groups is 2. The predicted octanol–water partition coefficient (Wildman–Crippen LogP) is 2.47. The number of morpholine rings is 1. The van der Waals surface area contributed by atoms with Gasteiger partial charge in [-0.2, -0.15) is 0 Å². The number of hydrogen-bond donors (Lipinski definition) is 0. The summed E-state index contributed by atoms with van der Waals surface area (Å²) in [5.41, 5.74) is 2.84. The van der Waals surface area contributed by atoms with Gasteiger partial charge in [0, 0.05) is 69.3 Å². The maximum absolute atomic E-state index is 12.8. The molecule has 2 aliphatic heterocycles. The standard InChI is InChI=1S/C24H31N5O3S/c1-3-21-16-22(28-12-14-32-15-13-28)26-24(25-21)33-17-19-4-6-20(7-5-19)23(31)29-10-8-27(9-11-29)18(2)30/h4-7,16H,3,8-15,17H2,1-2H3. The van der Waals surface area contributed by atoms with Crippen LogP contribution in [0, 0.1) is 0 Å². The van der Waals surface area contributed by atoms with Crippen LogP contribution in [0.2, 0.25) is 0 Å².